The molecule has 2 heterocycles. The van der Waals surface area contributed by atoms with Crippen LogP contribution in [0.15, 0.2) is 30.3 Å². The van der Waals surface area contributed by atoms with E-state index in [1.54, 1.807) is 0 Å². The quantitative estimate of drug-likeness (QED) is 0.879. The van der Waals surface area contributed by atoms with E-state index in [0.717, 1.165) is 22.6 Å². The first-order valence-corrected chi connectivity index (χ1v) is 10.3. The Labute approximate surface area is 148 Å². The van der Waals surface area contributed by atoms with Crippen LogP contribution in [0, 0.1) is 13.8 Å². The molecule has 1 aromatic heterocycles. The van der Waals surface area contributed by atoms with Crippen LogP contribution in [0.2, 0.25) is 0 Å². The molecule has 7 heteroatoms. The first kappa shape index (κ1) is 17.7. The summed E-state index contributed by atoms with van der Waals surface area (Å²) in [5, 5.41) is 7.42. The Balaban J connectivity index is 1.64. The van der Waals surface area contributed by atoms with Gasteiger partial charge in [0.05, 0.1) is 22.9 Å². The summed E-state index contributed by atoms with van der Waals surface area (Å²) in [6.45, 7) is 3.95. The van der Waals surface area contributed by atoms with Gasteiger partial charge in [-0.05, 0) is 44.4 Å². The standard InChI is InChI=1S/C18H23N3O3S/c1-13-17(14(2)21(20-13)16-6-4-3-5-7-16)8-9-18(22)19-15-10-11-25(23,24)12-15/h3-7,15H,8-12H2,1-2H3,(H,19,22). The molecule has 1 atom stereocenters. The molecule has 1 N–H and O–H groups in total. The number of aromatic nitrogens is 2. The van der Waals surface area contributed by atoms with Crippen LogP contribution in [-0.4, -0.2) is 41.7 Å². The zero-order chi connectivity index (χ0) is 18.0. The number of aryl methyl sites for hydroxylation is 1. The van der Waals surface area contributed by atoms with Crippen molar-refractivity contribution in [3.63, 3.8) is 0 Å². The van der Waals surface area contributed by atoms with Crippen LogP contribution in [0.1, 0.15) is 29.8 Å². The zero-order valence-electron chi connectivity index (χ0n) is 14.5. The number of hydrogen-bond donors (Lipinski definition) is 1. The lowest BCUT2D eigenvalue weighted by atomic mass is 10.1. The molecule has 1 saturated heterocycles. The smallest absolute Gasteiger partial charge is 0.220 e. The first-order chi connectivity index (χ1) is 11.9. The number of sulfone groups is 1. The van der Waals surface area contributed by atoms with E-state index in [1.165, 1.54) is 0 Å². The van der Waals surface area contributed by atoms with Gasteiger partial charge in [0, 0.05) is 18.2 Å². The maximum Gasteiger partial charge on any atom is 0.220 e. The summed E-state index contributed by atoms with van der Waals surface area (Å²) >= 11 is 0. The first-order valence-electron chi connectivity index (χ1n) is 8.46. The molecule has 0 radical (unpaired) electrons. The van der Waals surface area contributed by atoms with Crippen LogP contribution in [-0.2, 0) is 21.1 Å². The van der Waals surface area contributed by atoms with Gasteiger partial charge in [-0.1, -0.05) is 18.2 Å². The SMILES string of the molecule is Cc1nn(-c2ccccc2)c(C)c1CCC(=O)NC1CCS(=O)(=O)C1. The third-order valence-corrected chi connectivity index (χ3v) is 6.41. The Bertz CT molecular complexity index is 872. The Morgan fingerprint density at radius 3 is 2.64 bits per heavy atom. The second-order valence-corrected chi connectivity index (χ2v) is 8.79. The molecule has 25 heavy (non-hydrogen) atoms. The van der Waals surface area contributed by atoms with Gasteiger partial charge < -0.3 is 5.32 Å². The number of para-hydroxylation sites is 1. The molecule has 1 aliphatic rings. The summed E-state index contributed by atoms with van der Waals surface area (Å²) in [7, 11) is -2.98. The highest BCUT2D eigenvalue weighted by Crippen LogP contribution is 2.19. The largest absolute Gasteiger partial charge is 0.352 e. The van der Waals surface area contributed by atoms with Gasteiger partial charge in [-0.3, -0.25) is 4.79 Å². The lowest BCUT2D eigenvalue weighted by molar-refractivity contribution is -0.121. The molecule has 1 fully saturated rings. The third kappa shape index (κ3) is 4.10. The van der Waals surface area contributed by atoms with Crippen LogP contribution < -0.4 is 5.32 Å². The van der Waals surface area contributed by atoms with Gasteiger partial charge >= 0.3 is 0 Å². The molecule has 1 aliphatic heterocycles. The van der Waals surface area contributed by atoms with Gasteiger partial charge in [0.1, 0.15) is 0 Å². The van der Waals surface area contributed by atoms with Gasteiger partial charge in [0.15, 0.2) is 9.84 Å². The van der Waals surface area contributed by atoms with E-state index in [-0.39, 0.29) is 23.5 Å². The summed E-state index contributed by atoms with van der Waals surface area (Å²) in [5.74, 6) is 0.122. The molecule has 6 nitrogen and oxygen atoms in total. The fourth-order valence-electron chi connectivity index (χ4n) is 3.30. The topological polar surface area (TPSA) is 81.1 Å². The van der Waals surface area contributed by atoms with Gasteiger partial charge in [-0.15, -0.1) is 0 Å². The lowest BCUT2D eigenvalue weighted by Gasteiger charge is -2.11. The van der Waals surface area contributed by atoms with Crippen LogP contribution in [0.4, 0.5) is 0 Å². The minimum Gasteiger partial charge on any atom is -0.352 e. The summed E-state index contributed by atoms with van der Waals surface area (Å²) in [6, 6.07) is 9.64. The van der Waals surface area contributed by atoms with E-state index >= 15 is 0 Å². The number of rotatable bonds is 5. The minimum absolute atomic E-state index is 0.0583. The van der Waals surface area contributed by atoms with Crippen molar-refractivity contribution >= 4 is 15.7 Å². The second kappa shape index (κ2) is 7.00. The Kier molecular flexibility index (Phi) is 4.94. The molecule has 1 aromatic carbocycles. The van der Waals surface area contributed by atoms with E-state index in [0.29, 0.717) is 19.3 Å². The highest BCUT2D eigenvalue weighted by Gasteiger charge is 2.28. The normalized spacial score (nSPS) is 19.0. The molecular formula is C18H23N3O3S. The highest BCUT2D eigenvalue weighted by atomic mass is 32.2. The van der Waals surface area contributed by atoms with Crippen LogP contribution in [0.5, 0.6) is 0 Å². The Morgan fingerprint density at radius 1 is 1.28 bits per heavy atom. The summed E-state index contributed by atoms with van der Waals surface area (Å²) in [5.41, 5.74) is 4.01. The average Bonchev–Trinajstić information content (AvgIpc) is 3.05. The summed E-state index contributed by atoms with van der Waals surface area (Å²) < 4.78 is 24.8. The number of benzene rings is 1. The van der Waals surface area contributed by atoms with E-state index in [1.807, 2.05) is 48.9 Å². The number of carbonyl (C=O) groups is 1. The van der Waals surface area contributed by atoms with Gasteiger partial charge in [0.2, 0.25) is 5.91 Å². The Hall–Kier alpha value is -2.15. The van der Waals surface area contributed by atoms with E-state index in [4.69, 9.17) is 0 Å². The minimum atomic E-state index is -2.98. The molecule has 0 aliphatic carbocycles. The van der Waals surface area contributed by atoms with Crippen molar-refractivity contribution in [3.8, 4) is 5.69 Å². The second-order valence-electron chi connectivity index (χ2n) is 6.56. The van der Waals surface area contributed by atoms with Crippen LogP contribution in [0.25, 0.3) is 5.69 Å². The fourth-order valence-corrected chi connectivity index (χ4v) is 4.98. The van der Waals surface area contributed by atoms with Crippen molar-refractivity contribution in [1.29, 1.82) is 0 Å². The number of carbonyl (C=O) groups excluding carboxylic acids is 1. The molecule has 134 valence electrons. The van der Waals surface area contributed by atoms with Gasteiger partial charge in [-0.25, -0.2) is 13.1 Å². The van der Waals surface area contributed by atoms with Crippen molar-refractivity contribution in [2.45, 2.75) is 39.2 Å². The molecule has 0 spiro atoms. The number of nitrogens with zero attached hydrogens (tertiary/aromatic N) is 2. The molecular weight excluding hydrogens is 338 g/mol. The van der Waals surface area contributed by atoms with Crippen molar-refractivity contribution in [2.24, 2.45) is 0 Å². The monoisotopic (exact) mass is 361 g/mol. The Morgan fingerprint density at radius 2 is 2.00 bits per heavy atom. The molecule has 3 rings (SSSR count). The molecule has 0 bridgehead atoms. The van der Waals surface area contributed by atoms with Gasteiger partial charge in [-0.2, -0.15) is 5.10 Å². The maximum absolute atomic E-state index is 12.1. The van der Waals surface area contributed by atoms with Crippen molar-refractivity contribution in [1.82, 2.24) is 15.1 Å². The average molecular weight is 361 g/mol. The predicted octanol–water partition coefficient (Wildman–Crippen LogP) is 1.73. The third-order valence-electron chi connectivity index (χ3n) is 4.64. The van der Waals surface area contributed by atoms with E-state index < -0.39 is 9.84 Å². The van der Waals surface area contributed by atoms with Crippen LogP contribution >= 0.6 is 0 Å². The summed E-state index contributed by atoms with van der Waals surface area (Å²) in [4.78, 5) is 12.1. The van der Waals surface area contributed by atoms with E-state index in [9.17, 15) is 13.2 Å². The number of hydrogen-bond acceptors (Lipinski definition) is 4. The fraction of sp³-hybridized carbons (Fsp3) is 0.444. The highest BCUT2D eigenvalue weighted by molar-refractivity contribution is 7.91. The molecule has 1 amide bonds. The number of nitrogens with one attached hydrogen (secondary N) is 1. The van der Waals surface area contributed by atoms with Crippen LogP contribution in [0.3, 0.4) is 0 Å². The molecule has 1 unspecified atom stereocenters. The predicted molar refractivity (Wildman–Crippen MR) is 96.6 cm³/mol. The molecule has 0 saturated carbocycles. The van der Waals surface area contributed by atoms with E-state index in [2.05, 4.69) is 10.4 Å². The summed E-state index contributed by atoms with van der Waals surface area (Å²) in [6.07, 6.45) is 1.44. The van der Waals surface area contributed by atoms with Gasteiger partial charge in [0.25, 0.3) is 0 Å². The lowest BCUT2D eigenvalue weighted by Crippen LogP contribution is -2.35. The van der Waals surface area contributed by atoms with Crippen molar-refractivity contribution in [3.05, 3.63) is 47.3 Å². The number of amides is 1. The van der Waals surface area contributed by atoms with Crippen molar-refractivity contribution < 1.29 is 13.2 Å². The zero-order valence-corrected chi connectivity index (χ0v) is 15.3. The maximum atomic E-state index is 12.1. The molecule has 2 aromatic rings. The van der Waals surface area contributed by atoms with Crippen molar-refractivity contribution in [2.75, 3.05) is 11.5 Å².